The first-order valence-electron chi connectivity index (χ1n) is 10.5. The molecule has 0 bridgehead atoms. The fourth-order valence-corrected chi connectivity index (χ4v) is 2.83. The Kier molecular flexibility index (Phi) is 234. The molecule has 4 radical (unpaired) electrons. The van der Waals surface area contributed by atoms with Gasteiger partial charge in [0.25, 0.3) is 0 Å². The number of rotatable bonds is 2. The maximum Gasteiger partial charge on any atom is 0 e. The quantitative estimate of drug-likeness (QED) is 0.227. The minimum atomic E-state index is 0. The fraction of sp³-hybridized carbons (Fsp3) is 0.176. The Bertz CT molecular complexity index is 1070. The Labute approximate surface area is 333 Å². The van der Waals surface area contributed by atoms with Crippen molar-refractivity contribution in [1.82, 2.24) is 0 Å². The Morgan fingerprint density at radius 1 is 0.340 bits per heavy atom. The van der Waals surface area contributed by atoms with Crippen LogP contribution in [0.3, 0.4) is 0 Å². The van der Waals surface area contributed by atoms with Crippen LogP contribution in [0.25, 0.3) is 0 Å². The van der Waals surface area contributed by atoms with Crippen LogP contribution in [0, 0.1) is 103 Å². The molecule has 0 amide bonds. The molecule has 0 saturated carbocycles. The van der Waals surface area contributed by atoms with Crippen molar-refractivity contribution >= 4 is 0 Å². The molecule has 16 heteroatoms. The molecule has 0 saturated heterocycles. The maximum atomic E-state index is 7.50. The number of benzene rings is 2. The first-order valence-corrected chi connectivity index (χ1v) is 10.5. The zero-order chi connectivity index (χ0) is 39.0. The third-order valence-corrected chi connectivity index (χ3v) is 4.02. The minimum absolute atomic E-state index is 0. The van der Waals surface area contributed by atoms with Crippen LogP contribution < -0.4 is 0 Å². The molecule has 0 N–H and O–H groups in total. The van der Waals surface area contributed by atoms with E-state index >= 15 is 0 Å². The molecule has 1 aliphatic rings. The zero-order valence-electron chi connectivity index (χ0n) is 25.0. The average molecular weight is 856 g/mol. The molecule has 1 aliphatic carbocycles. The van der Waals surface area contributed by atoms with Crippen LogP contribution in [0.5, 0.6) is 0 Å². The van der Waals surface area contributed by atoms with Gasteiger partial charge in [-0.15, -0.1) is 11.8 Å². The van der Waals surface area contributed by atoms with Gasteiger partial charge in [0.15, 0.2) is 0 Å². The van der Waals surface area contributed by atoms with Gasteiger partial charge in [-0.05, 0) is 24.0 Å². The molecular formula is C34H20Co4O12. The molecule has 50 heavy (non-hydrogen) atoms. The molecule has 2 aromatic rings. The predicted molar refractivity (Wildman–Crippen MR) is 140 cm³/mol. The monoisotopic (exact) mass is 856 g/mol. The van der Waals surface area contributed by atoms with Gasteiger partial charge in [-0.3, -0.25) is 0 Å². The van der Waals surface area contributed by atoms with E-state index in [4.69, 9.17) is 55.8 Å². The zero-order valence-corrected chi connectivity index (χ0v) is 29.2. The Balaban J connectivity index is -0.0000000332. The van der Waals surface area contributed by atoms with E-state index in [0.29, 0.717) is 0 Å². The van der Waals surface area contributed by atoms with Crippen molar-refractivity contribution in [1.29, 1.82) is 0 Å². The second kappa shape index (κ2) is 128. The van der Waals surface area contributed by atoms with Crippen molar-refractivity contribution in [2.45, 2.75) is 37.5 Å². The second-order valence-corrected chi connectivity index (χ2v) is 5.63. The largest absolute Gasteiger partial charge is 0 e. The van der Waals surface area contributed by atoms with E-state index in [9.17, 15) is 0 Å². The van der Waals surface area contributed by atoms with E-state index in [-0.39, 0.29) is 79.0 Å². The van der Waals surface area contributed by atoms with Crippen LogP contribution in [-0.2, 0) is 123 Å². The van der Waals surface area contributed by atoms with Gasteiger partial charge < -0.3 is 0 Å². The summed E-state index contributed by atoms with van der Waals surface area (Å²) in [5.74, 6) is 14.1. The van der Waals surface area contributed by atoms with E-state index in [1.54, 1.807) is 0 Å². The van der Waals surface area contributed by atoms with Gasteiger partial charge in [-0.25, -0.2) is 0 Å². The van der Waals surface area contributed by atoms with Crippen molar-refractivity contribution in [2.75, 3.05) is 0 Å². The van der Waals surface area contributed by atoms with Crippen molar-refractivity contribution in [2.24, 2.45) is 0 Å². The van der Waals surface area contributed by atoms with Crippen molar-refractivity contribution < 1.29 is 123 Å². The summed E-state index contributed by atoms with van der Waals surface area (Å²) in [6.45, 7) is 54.0. The summed E-state index contributed by atoms with van der Waals surface area (Å²) in [4.78, 5) is 0. The van der Waals surface area contributed by atoms with Gasteiger partial charge in [0.1, 0.15) is 0 Å². The van der Waals surface area contributed by atoms with E-state index in [1.165, 1.54) is 11.1 Å². The maximum absolute atomic E-state index is 7.50. The van der Waals surface area contributed by atoms with E-state index in [2.05, 4.69) is 164 Å². The molecule has 0 aliphatic heterocycles. The van der Waals surface area contributed by atoms with Crippen molar-refractivity contribution in [3.05, 3.63) is 152 Å². The van der Waals surface area contributed by atoms with Gasteiger partial charge >= 0.3 is 136 Å². The summed E-state index contributed by atoms with van der Waals surface area (Å²) in [7, 11) is 0. The van der Waals surface area contributed by atoms with Gasteiger partial charge in [-0.1, -0.05) is 72.5 Å². The normalized spacial score (nSPS) is 9.68. The van der Waals surface area contributed by atoms with Crippen LogP contribution in [0.1, 0.15) is 48.6 Å². The first kappa shape index (κ1) is 91.1. The number of hydrogen-bond acceptors (Lipinski definition) is 0. The standard InChI is InChI=1S/C22H20.12CO.4Co/c1-2-4-12-18-22(20-15-9-6-10-16-20)21(17-11-3-1)19-13-7-5-8-14-19;12*1-2;;;;/h5-10,13-16,21-22H,1-4H2;;;;;;;;;;;;;;;;/t21-,22-;;;;;;;;;;;;;;;;/m0................/s1. The van der Waals surface area contributed by atoms with Gasteiger partial charge in [0.05, 0.1) is 11.8 Å². The SMILES string of the molecule is C1#C[C@@H](c2ccccc2)[C@H](c2ccccc2)C#CCCCC1.[C-]#[O+].[C-]#[O+].[C-]#[O+].[C-]#[O+].[C-]#[O+].[C-]#[O+].[C-]#[O+].[C-]#[O+].[C-]#[O+].[C-]#[O+].[C-]#[O+].[C-]#[O+].[Co].[Co].[Co].[Co]. The predicted octanol–water partition coefficient (Wildman–Crippen LogP) is 4.67. The van der Waals surface area contributed by atoms with Gasteiger partial charge in [0.2, 0.25) is 0 Å². The van der Waals surface area contributed by atoms with Crippen molar-refractivity contribution in [3.63, 3.8) is 0 Å². The van der Waals surface area contributed by atoms with Crippen LogP contribution in [0.15, 0.2) is 60.7 Å². The smallest absolute Gasteiger partial charge is 0 e. The van der Waals surface area contributed by atoms with Gasteiger partial charge in [0, 0.05) is 80.0 Å². The van der Waals surface area contributed by atoms with E-state index < -0.39 is 0 Å². The molecule has 2 aromatic carbocycles. The van der Waals surface area contributed by atoms with E-state index in [1.807, 2.05) is 0 Å². The topological polar surface area (TPSA) is 239 Å². The fourth-order valence-electron chi connectivity index (χ4n) is 2.83. The summed E-state index contributed by atoms with van der Waals surface area (Å²) in [6, 6.07) is 21.1. The van der Waals surface area contributed by atoms with Crippen molar-refractivity contribution in [3.8, 4) is 23.7 Å². The molecule has 2 atom stereocenters. The summed E-state index contributed by atoms with van der Waals surface area (Å²) in [5.41, 5.74) is 2.53. The van der Waals surface area contributed by atoms with Crippen LogP contribution in [0.2, 0.25) is 0 Å². The van der Waals surface area contributed by atoms with E-state index in [0.717, 1.165) is 25.7 Å². The molecule has 0 unspecified atom stereocenters. The Hall–Kier alpha value is -3.53. The second-order valence-electron chi connectivity index (χ2n) is 5.63. The molecule has 3 rings (SSSR count). The molecule has 0 fully saturated rings. The Morgan fingerprint density at radius 2 is 0.520 bits per heavy atom. The molecule has 0 heterocycles. The van der Waals surface area contributed by atoms with Gasteiger partial charge in [-0.2, -0.15) is 0 Å². The first-order chi connectivity index (χ1) is 22.9. The molecular weight excluding hydrogens is 836 g/mol. The van der Waals surface area contributed by atoms with Crippen LogP contribution in [-0.4, -0.2) is 0 Å². The summed E-state index contributed by atoms with van der Waals surface area (Å²) < 4.78 is 90.0. The minimum Gasteiger partial charge on any atom is 0 e. The number of hydrogen-bond donors (Lipinski definition) is 0. The molecule has 0 aromatic heterocycles. The average Bonchev–Trinajstić information content (AvgIpc) is 3.23. The molecule has 0 spiro atoms. The molecule has 264 valence electrons. The summed E-state index contributed by atoms with van der Waals surface area (Å²) in [6.07, 6.45) is 4.26. The summed E-state index contributed by atoms with van der Waals surface area (Å²) in [5, 5.41) is 0. The summed E-state index contributed by atoms with van der Waals surface area (Å²) >= 11 is 0. The van der Waals surface area contributed by atoms with Crippen LogP contribution >= 0.6 is 0 Å². The molecule has 12 nitrogen and oxygen atoms in total. The Morgan fingerprint density at radius 3 is 0.700 bits per heavy atom. The third kappa shape index (κ3) is 66.8. The van der Waals surface area contributed by atoms with Crippen LogP contribution in [0.4, 0.5) is 0 Å². The third-order valence-electron chi connectivity index (χ3n) is 4.02.